The Morgan fingerprint density at radius 3 is 2.35 bits per heavy atom. The maximum atomic E-state index is 6.23. The maximum absolute atomic E-state index is 6.23. The number of halogens is 3. The summed E-state index contributed by atoms with van der Waals surface area (Å²) >= 11 is 18.4. The Morgan fingerprint density at radius 2 is 1.75 bits per heavy atom. The van der Waals surface area contributed by atoms with Crippen molar-refractivity contribution in [1.82, 2.24) is 4.90 Å². The second kappa shape index (κ2) is 7.22. The van der Waals surface area contributed by atoms with Gasteiger partial charge in [0.15, 0.2) is 0 Å². The van der Waals surface area contributed by atoms with Crippen LogP contribution in [0, 0.1) is 0 Å². The number of benzene rings is 1. The van der Waals surface area contributed by atoms with Crippen LogP contribution in [-0.2, 0) is 0 Å². The second-order valence-corrected chi connectivity index (χ2v) is 6.90. The molecule has 0 spiro atoms. The van der Waals surface area contributed by atoms with Crippen LogP contribution in [0.3, 0.4) is 0 Å². The van der Waals surface area contributed by atoms with Gasteiger partial charge in [-0.2, -0.15) is 0 Å². The largest absolute Gasteiger partial charge is 0.380 e. The first-order valence-electron chi connectivity index (χ1n) is 7.12. The summed E-state index contributed by atoms with van der Waals surface area (Å²) < 4.78 is 0. The molecule has 1 fully saturated rings. The fourth-order valence-electron chi connectivity index (χ4n) is 2.66. The predicted octanol–water partition coefficient (Wildman–Crippen LogP) is 5.32. The van der Waals surface area contributed by atoms with Gasteiger partial charge in [-0.05, 0) is 51.8 Å². The highest BCUT2D eigenvalue weighted by Gasteiger charge is 2.20. The van der Waals surface area contributed by atoms with E-state index in [1.807, 2.05) is 0 Å². The summed E-state index contributed by atoms with van der Waals surface area (Å²) in [5.41, 5.74) is 0.806. The van der Waals surface area contributed by atoms with Crippen LogP contribution in [0.5, 0.6) is 0 Å². The van der Waals surface area contributed by atoms with Crippen molar-refractivity contribution in [3.63, 3.8) is 0 Å². The van der Waals surface area contributed by atoms with Gasteiger partial charge in [-0.25, -0.2) is 0 Å². The van der Waals surface area contributed by atoms with Gasteiger partial charge >= 0.3 is 0 Å². The normalized spacial score (nSPS) is 21.0. The van der Waals surface area contributed by atoms with E-state index in [0.717, 1.165) is 31.6 Å². The summed E-state index contributed by atoms with van der Waals surface area (Å²) in [6.45, 7) is 6.78. The lowest BCUT2D eigenvalue weighted by Gasteiger charge is -2.24. The third kappa shape index (κ3) is 4.17. The molecule has 1 aromatic carbocycles. The lowest BCUT2D eigenvalue weighted by atomic mass is 10.1. The smallest absolute Gasteiger partial charge is 0.0722 e. The van der Waals surface area contributed by atoms with Crippen LogP contribution in [0.25, 0.3) is 0 Å². The summed E-state index contributed by atoms with van der Waals surface area (Å²) in [4.78, 5) is 2.52. The Bertz CT molecular complexity index is 439. The first kappa shape index (κ1) is 16.2. The average molecular weight is 336 g/mol. The fourth-order valence-corrected chi connectivity index (χ4v) is 3.59. The van der Waals surface area contributed by atoms with E-state index in [-0.39, 0.29) is 0 Å². The number of nitrogens with one attached hydrogen (secondary N) is 1. The van der Waals surface area contributed by atoms with Crippen LogP contribution in [0.2, 0.25) is 15.1 Å². The topological polar surface area (TPSA) is 15.3 Å². The van der Waals surface area contributed by atoms with E-state index in [9.17, 15) is 0 Å². The molecule has 2 nitrogen and oxygen atoms in total. The SMILES string of the molecule is CC(C)N1CCCC(Nc2c(Cl)cc(Cl)cc2Cl)CC1. The van der Waals surface area contributed by atoms with E-state index in [0.29, 0.717) is 27.2 Å². The van der Waals surface area contributed by atoms with E-state index >= 15 is 0 Å². The van der Waals surface area contributed by atoms with Crippen molar-refractivity contribution >= 4 is 40.5 Å². The third-order valence-corrected chi connectivity index (χ3v) is 4.66. The Labute approximate surface area is 136 Å². The van der Waals surface area contributed by atoms with E-state index in [4.69, 9.17) is 34.8 Å². The van der Waals surface area contributed by atoms with Gasteiger partial charge in [0.1, 0.15) is 0 Å². The molecule has 0 amide bonds. The first-order chi connectivity index (χ1) is 9.47. The highest BCUT2D eigenvalue weighted by molar-refractivity contribution is 6.41. The molecule has 112 valence electrons. The summed E-state index contributed by atoms with van der Waals surface area (Å²) in [6.07, 6.45) is 3.44. The van der Waals surface area contributed by atoms with Crippen LogP contribution in [-0.4, -0.2) is 30.1 Å². The second-order valence-electron chi connectivity index (χ2n) is 5.65. The third-order valence-electron chi connectivity index (χ3n) is 3.85. The predicted molar refractivity (Wildman–Crippen MR) is 89.4 cm³/mol. The van der Waals surface area contributed by atoms with Crippen LogP contribution < -0.4 is 5.32 Å². The van der Waals surface area contributed by atoms with Gasteiger partial charge in [0.25, 0.3) is 0 Å². The molecule has 1 aliphatic heterocycles. The van der Waals surface area contributed by atoms with Crippen LogP contribution >= 0.6 is 34.8 Å². The number of anilines is 1. The minimum Gasteiger partial charge on any atom is -0.380 e. The average Bonchev–Trinajstić information content (AvgIpc) is 2.59. The van der Waals surface area contributed by atoms with Crippen molar-refractivity contribution in [2.45, 2.75) is 45.2 Å². The van der Waals surface area contributed by atoms with E-state index in [2.05, 4.69) is 24.1 Å². The van der Waals surface area contributed by atoms with Crippen molar-refractivity contribution in [1.29, 1.82) is 0 Å². The first-order valence-corrected chi connectivity index (χ1v) is 8.26. The van der Waals surface area contributed by atoms with Crippen LogP contribution in [0.1, 0.15) is 33.1 Å². The van der Waals surface area contributed by atoms with Gasteiger partial charge in [0, 0.05) is 23.7 Å². The van der Waals surface area contributed by atoms with Gasteiger partial charge < -0.3 is 10.2 Å². The van der Waals surface area contributed by atoms with Gasteiger partial charge in [0.2, 0.25) is 0 Å². The molecule has 0 bridgehead atoms. The molecule has 1 aliphatic rings. The van der Waals surface area contributed by atoms with Crippen LogP contribution in [0.4, 0.5) is 5.69 Å². The molecular formula is C15H21Cl3N2. The lowest BCUT2D eigenvalue weighted by molar-refractivity contribution is 0.230. The molecule has 0 aromatic heterocycles. The number of rotatable bonds is 3. The standard InChI is InChI=1S/C15H21Cl3N2/c1-10(2)20-6-3-4-12(5-7-20)19-15-13(17)8-11(16)9-14(15)18/h8-10,12,19H,3-7H2,1-2H3. The molecule has 0 saturated carbocycles. The quantitative estimate of drug-likeness (QED) is 0.804. The molecule has 1 heterocycles. The number of likely N-dealkylation sites (tertiary alicyclic amines) is 1. The molecule has 1 aromatic rings. The Morgan fingerprint density at radius 1 is 1.10 bits per heavy atom. The van der Waals surface area contributed by atoms with Gasteiger partial charge in [-0.1, -0.05) is 34.8 Å². The van der Waals surface area contributed by atoms with Gasteiger partial charge in [-0.3, -0.25) is 0 Å². The minimum absolute atomic E-state index is 0.412. The van der Waals surface area contributed by atoms with Crippen molar-refractivity contribution in [3.8, 4) is 0 Å². The molecule has 5 heteroatoms. The van der Waals surface area contributed by atoms with E-state index in [1.165, 1.54) is 6.42 Å². The van der Waals surface area contributed by atoms with Crippen molar-refractivity contribution in [3.05, 3.63) is 27.2 Å². The summed E-state index contributed by atoms with van der Waals surface area (Å²) in [5, 5.41) is 5.24. The minimum atomic E-state index is 0.412. The molecule has 1 atom stereocenters. The zero-order valence-electron chi connectivity index (χ0n) is 11.9. The molecule has 1 unspecified atom stereocenters. The fraction of sp³-hybridized carbons (Fsp3) is 0.600. The highest BCUT2D eigenvalue weighted by atomic mass is 35.5. The molecule has 2 rings (SSSR count). The Kier molecular flexibility index (Phi) is 5.85. The monoisotopic (exact) mass is 334 g/mol. The van der Waals surface area contributed by atoms with E-state index < -0.39 is 0 Å². The molecular weight excluding hydrogens is 315 g/mol. The van der Waals surface area contributed by atoms with Gasteiger partial charge in [0.05, 0.1) is 15.7 Å². The van der Waals surface area contributed by atoms with Crippen molar-refractivity contribution < 1.29 is 0 Å². The molecule has 20 heavy (non-hydrogen) atoms. The Balaban J connectivity index is 2.04. The van der Waals surface area contributed by atoms with Gasteiger partial charge in [-0.15, -0.1) is 0 Å². The molecule has 0 radical (unpaired) electrons. The van der Waals surface area contributed by atoms with Crippen LogP contribution in [0.15, 0.2) is 12.1 Å². The molecule has 1 saturated heterocycles. The highest BCUT2D eigenvalue weighted by Crippen LogP contribution is 2.35. The lowest BCUT2D eigenvalue weighted by Crippen LogP contribution is -2.32. The van der Waals surface area contributed by atoms with Crippen molar-refractivity contribution in [2.24, 2.45) is 0 Å². The summed E-state index contributed by atoms with van der Waals surface area (Å²) in [5.74, 6) is 0. The molecule has 1 N–H and O–H groups in total. The zero-order chi connectivity index (χ0) is 14.7. The maximum Gasteiger partial charge on any atom is 0.0722 e. The van der Waals surface area contributed by atoms with Crippen molar-refractivity contribution in [2.75, 3.05) is 18.4 Å². The summed E-state index contributed by atoms with van der Waals surface area (Å²) in [7, 11) is 0. The summed E-state index contributed by atoms with van der Waals surface area (Å²) in [6, 6.07) is 4.48. The molecule has 0 aliphatic carbocycles. The zero-order valence-corrected chi connectivity index (χ0v) is 14.2. The number of hydrogen-bond donors (Lipinski definition) is 1. The Hall–Kier alpha value is -0.150. The van der Waals surface area contributed by atoms with E-state index in [1.54, 1.807) is 12.1 Å². The number of nitrogens with zero attached hydrogens (tertiary/aromatic N) is 1. The number of hydrogen-bond acceptors (Lipinski definition) is 2.